The van der Waals surface area contributed by atoms with Gasteiger partial charge in [0.15, 0.2) is 0 Å². The maximum Gasteiger partial charge on any atom is 0.330 e. The predicted molar refractivity (Wildman–Crippen MR) is 112 cm³/mol. The van der Waals surface area contributed by atoms with Crippen LogP contribution in [0.5, 0.6) is 0 Å². The van der Waals surface area contributed by atoms with E-state index in [0.29, 0.717) is 17.8 Å². The average Bonchev–Trinajstić information content (AvgIpc) is 3.01. The molecule has 158 valence electrons. The third-order valence-corrected chi connectivity index (χ3v) is 8.65. The van der Waals surface area contributed by atoms with E-state index in [0.717, 1.165) is 32.1 Å². The molecule has 0 aromatic rings. The second-order valence-corrected chi connectivity index (χ2v) is 9.99. The van der Waals surface area contributed by atoms with Crippen molar-refractivity contribution in [2.45, 2.75) is 71.8 Å². The molecule has 4 heteroatoms. The van der Waals surface area contributed by atoms with Crippen molar-refractivity contribution >= 4 is 11.9 Å². The zero-order chi connectivity index (χ0) is 20.8. The van der Waals surface area contributed by atoms with E-state index < -0.39 is 0 Å². The van der Waals surface area contributed by atoms with Gasteiger partial charge in [-0.2, -0.15) is 0 Å². The normalized spacial score (nSPS) is 41.0. The molecule has 2 fully saturated rings. The van der Waals surface area contributed by atoms with Crippen LogP contribution in [0, 0.1) is 28.6 Å². The summed E-state index contributed by atoms with van der Waals surface area (Å²) in [5, 5.41) is 0. The van der Waals surface area contributed by atoms with Gasteiger partial charge in [0.05, 0.1) is 7.11 Å². The number of hydrogen-bond donors (Lipinski definition) is 0. The molecule has 4 aliphatic rings. The first-order valence-electron chi connectivity index (χ1n) is 11.1. The lowest BCUT2D eigenvalue weighted by Gasteiger charge is -2.56. The zero-order valence-corrected chi connectivity index (χ0v) is 18.2. The molecule has 0 aliphatic heterocycles. The standard InChI is InChI=1S/C25H34O4/c1-16(26)29-22-9-8-20-19-7-6-18-15-17(5-10-23(27)28-4)11-13-24(18,2)21(19)12-14-25(20,22)3/h5-6,10,15,19-22H,7-9,11-14H2,1-4H3/b10-5+. The highest BCUT2D eigenvalue weighted by Crippen LogP contribution is 2.65. The van der Waals surface area contributed by atoms with E-state index in [2.05, 4.69) is 26.0 Å². The SMILES string of the molecule is COC(=O)/C=C/C1=CC2=CCC3C(CCC4(C)C(OC(C)=O)CCC34)C2(C)CC1. The molecule has 0 amide bonds. The molecular formula is C25H34O4. The van der Waals surface area contributed by atoms with Gasteiger partial charge in [0.25, 0.3) is 0 Å². The highest BCUT2D eigenvalue weighted by Gasteiger charge is 2.59. The number of rotatable bonds is 3. The van der Waals surface area contributed by atoms with Crippen molar-refractivity contribution in [1.82, 2.24) is 0 Å². The van der Waals surface area contributed by atoms with Crippen LogP contribution in [0.4, 0.5) is 0 Å². The first kappa shape index (κ1) is 20.4. The first-order valence-corrected chi connectivity index (χ1v) is 11.1. The van der Waals surface area contributed by atoms with Crippen LogP contribution in [0.15, 0.2) is 35.5 Å². The minimum atomic E-state index is -0.299. The van der Waals surface area contributed by atoms with Crippen LogP contribution < -0.4 is 0 Å². The molecule has 0 N–H and O–H groups in total. The smallest absolute Gasteiger partial charge is 0.330 e. The summed E-state index contributed by atoms with van der Waals surface area (Å²) in [6.07, 6.45) is 16.1. The Balaban J connectivity index is 1.57. The summed E-state index contributed by atoms with van der Waals surface area (Å²) in [5.74, 6) is 1.58. The minimum absolute atomic E-state index is 0.0884. The van der Waals surface area contributed by atoms with Gasteiger partial charge in [-0.05, 0) is 79.3 Å². The third-order valence-electron chi connectivity index (χ3n) is 8.65. The molecule has 29 heavy (non-hydrogen) atoms. The fourth-order valence-electron chi connectivity index (χ4n) is 7.07. The quantitative estimate of drug-likeness (QED) is 0.487. The number of ether oxygens (including phenoxy) is 2. The van der Waals surface area contributed by atoms with Gasteiger partial charge in [-0.1, -0.05) is 32.1 Å². The van der Waals surface area contributed by atoms with Gasteiger partial charge in [-0.25, -0.2) is 4.79 Å². The fourth-order valence-corrected chi connectivity index (χ4v) is 7.07. The molecule has 0 aromatic carbocycles. The summed E-state index contributed by atoms with van der Waals surface area (Å²) < 4.78 is 10.5. The molecule has 6 atom stereocenters. The molecule has 0 aromatic heterocycles. The highest BCUT2D eigenvalue weighted by atomic mass is 16.5. The monoisotopic (exact) mass is 398 g/mol. The summed E-state index contributed by atoms with van der Waals surface area (Å²) >= 11 is 0. The van der Waals surface area contributed by atoms with Crippen LogP contribution >= 0.6 is 0 Å². The molecule has 0 bridgehead atoms. The van der Waals surface area contributed by atoms with E-state index in [-0.39, 0.29) is 28.9 Å². The Labute approximate surface area is 174 Å². The number of esters is 2. The Morgan fingerprint density at radius 2 is 1.93 bits per heavy atom. The van der Waals surface area contributed by atoms with Crippen molar-refractivity contribution in [3.8, 4) is 0 Å². The van der Waals surface area contributed by atoms with E-state index in [1.54, 1.807) is 6.92 Å². The zero-order valence-electron chi connectivity index (χ0n) is 18.2. The predicted octanol–water partition coefficient (Wildman–Crippen LogP) is 5.15. The lowest BCUT2D eigenvalue weighted by atomic mass is 9.48. The number of methoxy groups -OCH3 is 1. The van der Waals surface area contributed by atoms with Crippen molar-refractivity contribution < 1.29 is 19.1 Å². The van der Waals surface area contributed by atoms with Gasteiger partial charge < -0.3 is 9.47 Å². The first-order chi connectivity index (χ1) is 13.8. The van der Waals surface area contributed by atoms with E-state index >= 15 is 0 Å². The van der Waals surface area contributed by atoms with Crippen LogP contribution in [-0.4, -0.2) is 25.2 Å². The minimum Gasteiger partial charge on any atom is -0.466 e. The molecule has 4 nitrogen and oxygen atoms in total. The highest BCUT2D eigenvalue weighted by molar-refractivity contribution is 5.82. The summed E-state index contributed by atoms with van der Waals surface area (Å²) in [6.45, 7) is 6.36. The summed E-state index contributed by atoms with van der Waals surface area (Å²) in [5.41, 5.74) is 3.02. The molecule has 4 rings (SSSR count). The van der Waals surface area contributed by atoms with Crippen molar-refractivity contribution in [3.05, 3.63) is 35.5 Å². The maximum absolute atomic E-state index is 11.6. The van der Waals surface area contributed by atoms with Crippen LogP contribution in [0.2, 0.25) is 0 Å². The number of fused-ring (bicyclic) bond motifs is 5. The van der Waals surface area contributed by atoms with Gasteiger partial charge >= 0.3 is 11.9 Å². The number of hydrogen-bond acceptors (Lipinski definition) is 4. The van der Waals surface area contributed by atoms with Crippen LogP contribution in [-0.2, 0) is 19.1 Å². The van der Waals surface area contributed by atoms with Crippen molar-refractivity contribution in [1.29, 1.82) is 0 Å². The van der Waals surface area contributed by atoms with Crippen molar-refractivity contribution in [3.63, 3.8) is 0 Å². The van der Waals surface area contributed by atoms with Crippen molar-refractivity contribution in [2.75, 3.05) is 7.11 Å². The number of allylic oxidation sites excluding steroid dienone is 5. The Kier molecular flexibility index (Phi) is 5.25. The van der Waals surface area contributed by atoms with Gasteiger partial charge in [0.2, 0.25) is 0 Å². The van der Waals surface area contributed by atoms with Crippen molar-refractivity contribution in [2.24, 2.45) is 28.6 Å². The molecule has 0 radical (unpaired) electrons. The number of carbonyl (C=O) groups is 2. The summed E-state index contributed by atoms with van der Waals surface area (Å²) in [7, 11) is 1.41. The van der Waals surface area contributed by atoms with Crippen LogP contribution in [0.25, 0.3) is 0 Å². The molecule has 4 aliphatic carbocycles. The molecule has 2 saturated carbocycles. The molecule has 0 heterocycles. The van der Waals surface area contributed by atoms with Gasteiger partial charge in [-0.15, -0.1) is 0 Å². The van der Waals surface area contributed by atoms with Crippen LogP contribution in [0.1, 0.15) is 65.7 Å². The Bertz CT molecular complexity index is 791. The molecular weight excluding hydrogens is 364 g/mol. The third kappa shape index (κ3) is 3.39. The van der Waals surface area contributed by atoms with Gasteiger partial charge in [0.1, 0.15) is 6.10 Å². The lowest BCUT2D eigenvalue weighted by Crippen LogP contribution is -2.50. The van der Waals surface area contributed by atoms with E-state index in [1.807, 2.05) is 6.08 Å². The lowest BCUT2D eigenvalue weighted by molar-refractivity contribution is -0.156. The van der Waals surface area contributed by atoms with E-state index in [9.17, 15) is 9.59 Å². The van der Waals surface area contributed by atoms with Gasteiger partial charge in [0, 0.05) is 18.4 Å². The second-order valence-electron chi connectivity index (χ2n) is 9.99. The average molecular weight is 399 g/mol. The van der Waals surface area contributed by atoms with E-state index in [4.69, 9.17) is 9.47 Å². The molecule has 6 unspecified atom stereocenters. The second kappa shape index (κ2) is 7.45. The van der Waals surface area contributed by atoms with Gasteiger partial charge in [-0.3, -0.25) is 4.79 Å². The Morgan fingerprint density at radius 3 is 2.66 bits per heavy atom. The van der Waals surface area contributed by atoms with E-state index in [1.165, 1.54) is 37.2 Å². The topological polar surface area (TPSA) is 52.6 Å². The molecule has 0 spiro atoms. The summed E-state index contributed by atoms with van der Waals surface area (Å²) in [6, 6.07) is 0. The number of carbonyl (C=O) groups excluding carboxylic acids is 2. The Morgan fingerprint density at radius 1 is 1.14 bits per heavy atom. The maximum atomic E-state index is 11.6. The Hall–Kier alpha value is -1.84. The fraction of sp³-hybridized carbons (Fsp3) is 0.680. The van der Waals surface area contributed by atoms with Crippen LogP contribution in [0.3, 0.4) is 0 Å². The largest absolute Gasteiger partial charge is 0.466 e. The molecule has 0 saturated heterocycles. The summed E-state index contributed by atoms with van der Waals surface area (Å²) in [4.78, 5) is 23.0.